The molecule has 2 aromatic carbocycles. The molecule has 2 amide bonds. The number of methoxy groups -OCH3 is 1. The molecule has 4 atom stereocenters. The summed E-state index contributed by atoms with van der Waals surface area (Å²) in [5.41, 5.74) is 0.924. The third-order valence-corrected chi connectivity index (χ3v) is 8.49. The summed E-state index contributed by atoms with van der Waals surface area (Å²) >= 11 is 0. The number of hydrogen-bond acceptors (Lipinski definition) is 7. The number of pyridine rings is 1. The summed E-state index contributed by atoms with van der Waals surface area (Å²) in [7, 11) is 1.59. The second-order valence-corrected chi connectivity index (χ2v) is 11.4. The Morgan fingerprint density at radius 3 is 2.74 bits per heavy atom. The fourth-order valence-corrected chi connectivity index (χ4v) is 5.98. The second-order valence-electron chi connectivity index (χ2n) is 11.4. The van der Waals surface area contributed by atoms with Crippen LogP contribution in [0.25, 0.3) is 22.2 Å². The van der Waals surface area contributed by atoms with E-state index in [4.69, 9.17) is 19.2 Å². The zero-order valence-electron chi connectivity index (χ0n) is 24.0. The molecular weight excluding hydrogens is 550 g/mol. The van der Waals surface area contributed by atoms with Crippen LogP contribution in [-0.4, -0.2) is 70.9 Å². The third kappa shape index (κ3) is 5.86. The molecule has 3 heterocycles. The van der Waals surface area contributed by atoms with Crippen LogP contribution in [0.3, 0.4) is 0 Å². The van der Waals surface area contributed by atoms with Crippen molar-refractivity contribution < 1.29 is 33.7 Å². The normalized spacial score (nSPS) is 26.6. The predicted octanol–water partition coefficient (Wildman–Crippen LogP) is 4.96. The second kappa shape index (κ2) is 11.9. The van der Waals surface area contributed by atoms with Crippen LogP contribution in [0.4, 0.5) is 4.79 Å². The lowest BCUT2D eigenvalue weighted by Crippen LogP contribution is -2.53. The summed E-state index contributed by atoms with van der Waals surface area (Å²) in [6, 6.07) is 16.2. The maximum Gasteiger partial charge on any atom is 0.410 e. The van der Waals surface area contributed by atoms with E-state index in [2.05, 4.69) is 5.32 Å². The van der Waals surface area contributed by atoms with Crippen LogP contribution >= 0.6 is 0 Å². The zero-order valence-corrected chi connectivity index (χ0v) is 24.0. The van der Waals surface area contributed by atoms with Gasteiger partial charge in [0.15, 0.2) is 0 Å². The number of aromatic nitrogens is 1. The van der Waals surface area contributed by atoms with Gasteiger partial charge in [0, 0.05) is 35.4 Å². The van der Waals surface area contributed by atoms with Crippen LogP contribution in [0.2, 0.25) is 0 Å². The summed E-state index contributed by atoms with van der Waals surface area (Å²) in [5.74, 6) is -0.674. The van der Waals surface area contributed by atoms with Crippen LogP contribution < -0.4 is 14.8 Å². The molecule has 0 unspecified atom stereocenters. The number of hydrogen-bond donors (Lipinski definition) is 2. The number of amides is 2. The first-order valence-electron chi connectivity index (χ1n) is 14.7. The van der Waals surface area contributed by atoms with E-state index in [1.54, 1.807) is 7.11 Å². The highest BCUT2D eigenvalue weighted by Gasteiger charge is 2.61. The first kappa shape index (κ1) is 28.5. The largest absolute Gasteiger partial charge is 0.497 e. The highest BCUT2D eigenvalue weighted by atomic mass is 16.6. The maximum absolute atomic E-state index is 13.6. The van der Waals surface area contributed by atoms with Crippen molar-refractivity contribution in [2.45, 2.75) is 56.2 Å². The Labute approximate surface area is 249 Å². The number of rotatable bonds is 5. The Hall–Kier alpha value is -4.60. The first-order chi connectivity index (χ1) is 20.9. The molecule has 1 aliphatic carbocycles. The Morgan fingerprint density at radius 2 is 1.95 bits per heavy atom. The first-order valence-corrected chi connectivity index (χ1v) is 14.7. The Bertz CT molecular complexity index is 1560. The lowest BCUT2D eigenvalue weighted by molar-refractivity contribution is -0.144. The number of aliphatic carboxylic acids is 1. The average Bonchev–Trinajstić information content (AvgIpc) is 3.55. The SMILES string of the molecule is COc1ccc2c(O[C@@H]3C[C@H]4C(=O)N[C@@]5(C(=O)O)C[C@@H]5/C=C\CCCCCOC(=O)N4C3)cc(-c3ccccc3)nc2c1. The highest BCUT2D eigenvalue weighted by molar-refractivity contribution is 5.94. The van der Waals surface area contributed by atoms with Crippen molar-refractivity contribution in [3.05, 3.63) is 66.7 Å². The number of carboxylic acids is 1. The predicted molar refractivity (Wildman–Crippen MR) is 159 cm³/mol. The molecule has 43 heavy (non-hydrogen) atoms. The molecule has 224 valence electrons. The number of allylic oxidation sites excluding steroid dienone is 1. The molecule has 1 saturated carbocycles. The van der Waals surface area contributed by atoms with Crippen molar-refractivity contribution >= 4 is 28.9 Å². The summed E-state index contributed by atoms with van der Waals surface area (Å²) in [5, 5.41) is 13.5. The van der Waals surface area contributed by atoms with Crippen LogP contribution in [0.1, 0.15) is 38.5 Å². The highest BCUT2D eigenvalue weighted by Crippen LogP contribution is 2.45. The van der Waals surface area contributed by atoms with Gasteiger partial charge in [-0.25, -0.2) is 14.6 Å². The molecule has 2 fully saturated rings. The smallest absolute Gasteiger partial charge is 0.410 e. The van der Waals surface area contributed by atoms with Crippen LogP contribution in [0.5, 0.6) is 11.5 Å². The fourth-order valence-electron chi connectivity index (χ4n) is 5.98. The van der Waals surface area contributed by atoms with Gasteiger partial charge in [-0.1, -0.05) is 42.5 Å². The molecule has 0 spiro atoms. The molecule has 3 aliphatic rings. The van der Waals surface area contributed by atoms with Gasteiger partial charge in [-0.05, 0) is 44.2 Å². The van der Waals surface area contributed by atoms with Gasteiger partial charge in [0.05, 0.1) is 31.5 Å². The van der Waals surface area contributed by atoms with Crippen LogP contribution in [0.15, 0.2) is 66.7 Å². The Kier molecular flexibility index (Phi) is 7.92. The molecule has 3 aromatic rings. The van der Waals surface area contributed by atoms with E-state index in [1.807, 2.05) is 66.7 Å². The number of benzene rings is 2. The summed E-state index contributed by atoms with van der Waals surface area (Å²) in [4.78, 5) is 45.3. The molecule has 2 N–H and O–H groups in total. The molecule has 0 bridgehead atoms. The quantitative estimate of drug-likeness (QED) is 0.403. The van der Waals surface area contributed by atoms with E-state index in [-0.39, 0.29) is 25.5 Å². The van der Waals surface area contributed by atoms with Crippen molar-refractivity contribution in [1.29, 1.82) is 0 Å². The summed E-state index contributed by atoms with van der Waals surface area (Å²) < 4.78 is 17.5. The maximum atomic E-state index is 13.6. The zero-order chi connectivity index (χ0) is 30.0. The third-order valence-electron chi connectivity index (χ3n) is 8.49. The minimum Gasteiger partial charge on any atom is -0.497 e. The van der Waals surface area contributed by atoms with E-state index in [1.165, 1.54) is 4.90 Å². The van der Waals surface area contributed by atoms with Gasteiger partial charge in [-0.3, -0.25) is 9.69 Å². The van der Waals surface area contributed by atoms with Crippen LogP contribution in [-0.2, 0) is 14.3 Å². The van der Waals surface area contributed by atoms with E-state index in [0.717, 1.165) is 30.2 Å². The average molecular weight is 586 g/mol. The summed E-state index contributed by atoms with van der Waals surface area (Å²) in [6.45, 7) is 0.360. The molecular formula is C33H35N3O7. The number of nitrogens with zero attached hydrogens (tertiary/aromatic N) is 2. The van der Waals surface area contributed by atoms with Gasteiger partial charge in [0.2, 0.25) is 5.91 Å². The van der Waals surface area contributed by atoms with E-state index in [9.17, 15) is 19.5 Å². The van der Waals surface area contributed by atoms with Gasteiger partial charge in [0.1, 0.15) is 29.2 Å². The molecule has 2 aliphatic heterocycles. The number of cyclic esters (lactones) is 1. The summed E-state index contributed by atoms with van der Waals surface area (Å²) in [6.07, 6.45) is 6.52. The van der Waals surface area contributed by atoms with Crippen molar-refractivity contribution in [3.63, 3.8) is 0 Å². The number of ether oxygens (including phenoxy) is 3. The topological polar surface area (TPSA) is 127 Å². The molecule has 10 heteroatoms. The van der Waals surface area contributed by atoms with Crippen molar-refractivity contribution in [2.75, 3.05) is 20.3 Å². The number of carboxylic acid groups (broad SMARTS) is 1. The molecule has 0 radical (unpaired) electrons. The number of fused-ring (bicyclic) bond motifs is 3. The van der Waals surface area contributed by atoms with E-state index in [0.29, 0.717) is 35.6 Å². The van der Waals surface area contributed by atoms with Crippen LogP contribution in [0, 0.1) is 5.92 Å². The van der Waals surface area contributed by atoms with Crippen molar-refractivity contribution in [1.82, 2.24) is 15.2 Å². The molecule has 1 aromatic heterocycles. The van der Waals surface area contributed by atoms with Gasteiger partial charge in [-0.15, -0.1) is 0 Å². The number of carbonyl (C=O) groups is 3. The van der Waals surface area contributed by atoms with E-state index < -0.39 is 35.7 Å². The minimum absolute atomic E-state index is 0.112. The molecule has 6 rings (SSSR count). The fraction of sp³-hybridized carbons (Fsp3) is 0.394. The van der Waals surface area contributed by atoms with Gasteiger partial charge < -0.3 is 24.6 Å². The van der Waals surface area contributed by atoms with Gasteiger partial charge in [-0.2, -0.15) is 0 Å². The number of nitrogens with one attached hydrogen (secondary N) is 1. The lowest BCUT2D eigenvalue weighted by atomic mass is 10.1. The molecule has 10 nitrogen and oxygen atoms in total. The Morgan fingerprint density at radius 1 is 1.12 bits per heavy atom. The van der Waals surface area contributed by atoms with Crippen molar-refractivity contribution in [2.24, 2.45) is 5.92 Å². The van der Waals surface area contributed by atoms with Gasteiger partial charge >= 0.3 is 12.1 Å². The Balaban J connectivity index is 1.30. The molecule has 1 saturated heterocycles. The van der Waals surface area contributed by atoms with Crippen molar-refractivity contribution in [3.8, 4) is 22.8 Å². The minimum atomic E-state index is -1.37. The standard InChI is InChI=1S/C33H35N3O7/c1-41-23-13-14-25-27(16-23)34-26(21-10-6-5-7-11-21)18-29(25)43-24-17-28-30(37)35-33(31(38)39)19-22(33)12-8-3-2-4-9-15-42-32(40)36(28)20-24/h5-8,10-14,16,18,22,24,28H,2-4,9,15,17,19-20H2,1H3,(H,35,37)(H,38,39)/b12-8-/t22-,24+,28-,33-/m0/s1. The lowest BCUT2D eigenvalue weighted by Gasteiger charge is -2.24. The number of carbonyl (C=O) groups excluding carboxylic acids is 2. The monoisotopic (exact) mass is 585 g/mol. The van der Waals surface area contributed by atoms with E-state index >= 15 is 0 Å². The van der Waals surface area contributed by atoms with Gasteiger partial charge in [0.25, 0.3) is 0 Å².